The number of nitrogens with one attached hydrogen (secondary N) is 1. The summed E-state index contributed by atoms with van der Waals surface area (Å²) in [4.78, 5) is 26.4. The number of benzene rings is 2. The number of piperidine rings is 1. The lowest BCUT2D eigenvalue weighted by Crippen LogP contribution is -2.43. The van der Waals surface area contributed by atoms with E-state index < -0.39 is 34.1 Å². The molecule has 1 saturated heterocycles. The van der Waals surface area contributed by atoms with Crippen LogP contribution in [0, 0.1) is 10.1 Å². The van der Waals surface area contributed by atoms with Gasteiger partial charge in [-0.1, -0.05) is 25.6 Å². The van der Waals surface area contributed by atoms with Gasteiger partial charge in [-0.25, -0.2) is 0 Å². The molecule has 1 amide bonds. The molecule has 4 rings (SSSR count). The molecule has 0 bridgehead atoms. The van der Waals surface area contributed by atoms with Crippen LogP contribution in [-0.4, -0.2) is 59.4 Å². The van der Waals surface area contributed by atoms with Crippen LogP contribution in [0.1, 0.15) is 49.8 Å². The molecule has 41 heavy (non-hydrogen) atoms. The summed E-state index contributed by atoms with van der Waals surface area (Å²) in [5.74, 6) is -0.0409. The number of anilines is 1. The van der Waals surface area contributed by atoms with E-state index in [1.54, 1.807) is 11.0 Å². The molecule has 2 aliphatic rings. The van der Waals surface area contributed by atoms with Gasteiger partial charge in [0.15, 0.2) is 0 Å². The number of amides is 1. The van der Waals surface area contributed by atoms with Crippen LogP contribution in [-0.2, 0) is 17.1 Å². The monoisotopic (exact) mass is 586 g/mol. The van der Waals surface area contributed by atoms with E-state index in [1.807, 2.05) is 6.08 Å². The number of rotatable bonds is 7. The van der Waals surface area contributed by atoms with Gasteiger partial charge in [0, 0.05) is 56.9 Å². The van der Waals surface area contributed by atoms with E-state index in [1.165, 1.54) is 12.1 Å². The molecule has 1 N–H and O–H groups in total. The number of hydrogen-bond donors (Lipinski definition) is 1. The summed E-state index contributed by atoms with van der Waals surface area (Å²) in [7, 11) is 0. The number of nitrogens with zero attached hydrogens (tertiary/aromatic N) is 3. The third-order valence-electron chi connectivity index (χ3n) is 7.21. The van der Waals surface area contributed by atoms with Crippen molar-refractivity contribution in [1.29, 1.82) is 0 Å². The first kappa shape index (κ1) is 31.9. The molecule has 7 nitrogen and oxygen atoms in total. The SMILES string of the molecule is C.O=C(CCN1CC=C(c2cccc(C(F)(F)F)c2)CC1)N1CCC(Nc2ccc([N+](=O)[O-])c(C(F)(F)F)c2)CC1. The Hall–Kier alpha value is -3.61. The van der Waals surface area contributed by atoms with Crippen molar-refractivity contribution in [1.82, 2.24) is 9.80 Å². The fraction of sp³-hybridized carbons (Fsp3) is 0.464. The van der Waals surface area contributed by atoms with E-state index in [9.17, 15) is 41.3 Å². The fourth-order valence-electron chi connectivity index (χ4n) is 5.00. The van der Waals surface area contributed by atoms with Gasteiger partial charge >= 0.3 is 12.4 Å². The Bertz CT molecular complexity index is 1270. The number of halogens is 6. The topological polar surface area (TPSA) is 78.7 Å². The maximum absolute atomic E-state index is 13.2. The molecule has 224 valence electrons. The van der Waals surface area contributed by atoms with Crippen LogP contribution < -0.4 is 5.32 Å². The minimum Gasteiger partial charge on any atom is -0.382 e. The molecule has 2 aromatic carbocycles. The molecule has 2 heterocycles. The van der Waals surface area contributed by atoms with Crippen molar-refractivity contribution in [3.8, 4) is 0 Å². The molecule has 0 saturated carbocycles. The van der Waals surface area contributed by atoms with Gasteiger partial charge in [-0.05, 0) is 54.7 Å². The Morgan fingerprint density at radius 3 is 2.29 bits per heavy atom. The summed E-state index contributed by atoms with van der Waals surface area (Å²) >= 11 is 0. The zero-order valence-corrected chi connectivity index (χ0v) is 21.4. The Balaban J connectivity index is 0.00000462. The molecular formula is C28H32F6N4O3. The summed E-state index contributed by atoms with van der Waals surface area (Å²) in [5.41, 5.74) is -1.48. The molecule has 0 aromatic heterocycles. The van der Waals surface area contributed by atoms with Crippen molar-refractivity contribution in [2.75, 3.05) is 38.0 Å². The second-order valence-electron chi connectivity index (χ2n) is 9.89. The molecule has 0 atom stereocenters. The number of nitro groups is 1. The van der Waals surface area contributed by atoms with E-state index in [-0.39, 0.29) is 31.5 Å². The maximum atomic E-state index is 13.2. The summed E-state index contributed by atoms with van der Waals surface area (Å²) in [6.45, 7) is 2.51. The van der Waals surface area contributed by atoms with Gasteiger partial charge in [0.05, 0.1) is 10.5 Å². The third-order valence-corrected chi connectivity index (χ3v) is 7.21. The second kappa shape index (κ2) is 12.9. The van der Waals surface area contributed by atoms with Crippen LogP contribution in [0.5, 0.6) is 0 Å². The van der Waals surface area contributed by atoms with E-state index in [4.69, 9.17) is 0 Å². The lowest BCUT2D eigenvalue weighted by Gasteiger charge is -2.34. The average molecular weight is 587 g/mol. The zero-order chi connectivity index (χ0) is 29.1. The molecule has 0 unspecified atom stereocenters. The Kier molecular flexibility index (Phi) is 10.1. The number of likely N-dealkylation sites (tertiary alicyclic amines) is 1. The highest BCUT2D eigenvalue weighted by atomic mass is 19.4. The minimum absolute atomic E-state index is 0. The Labute approximate surface area is 234 Å². The van der Waals surface area contributed by atoms with Gasteiger partial charge < -0.3 is 10.2 Å². The van der Waals surface area contributed by atoms with Crippen molar-refractivity contribution in [2.45, 2.75) is 51.5 Å². The van der Waals surface area contributed by atoms with Crippen LogP contribution in [0.15, 0.2) is 48.5 Å². The first-order valence-electron chi connectivity index (χ1n) is 12.8. The highest BCUT2D eigenvalue weighted by molar-refractivity contribution is 5.76. The van der Waals surface area contributed by atoms with Crippen LogP contribution in [0.2, 0.25) is 0 Å². The largest absolute Gasteiger partial charge is 0.423 e. The molecular weight excluding hydrogens is 554 g/mol. The predicted octanol–water partition coefficient (Wildman–Crippen LogP) is 6.85. The predicted molar refractivity (Wildman–Crippen MR) is 143 cm³/mol. The van der Waals surface area contributed by atoms with Gasteiger partial charge in [0.1, 0.15) is 5.56 Å². The fourth-order valence-corrected chi connectivity index (χ4v) is 5.00. The Morgan fingerprint density at radius 2 is 1.71 bits per heavy atom. The second-order valence-corrected chi connectivity index (χ2v) is 9.89. The summed E-state index contributed by atoms with van der Waals surface area (Å²) < 4.78 is 78.8. The van der Waals surface area contributed by atoms with Crippen molar-refractivity contribution >= 4 is 22.9 Å². The first-order chi connectivity index (χ1) is 18.8. The lowest BCUT2D eigenvalue weighted by molar-refractivity contribution is -0.388. The quantitative estimate of drug-likeness (QED) is 0.218. The number of alkyl halides is 6. The molecule has 13 heteroatoms. The third kappa shape index (κ3) is 8.21. The molecule has 0 radical (unpaired) electrons. The van der Waals surface area contributed by atoms with Crippen molar-refractivity contribution in [2.24, 2.45) is 0 Å². The van der Waals surface area contributed by atoms with Gasteiger partial charge in [-0.3, -0.25) is 19.8 Å². The van der Waals surface area contributed by atoms with Crippen LogP contribution in [0.3, 0.4) is 0 Å². The Morgan fingerprint density at radius 1 is 1.00 bits per heavy atom. The summed E-state index contributed by atoms with van der Waals surface area (Å²) in [6.07, 6.45) is -5.49. The van der Waals surface area contributed by atoms with E-state index in [2.05, 4.69) is 10.2 Å². The molecule has 0 spiro atoms. The van der Waals surface area contributed by atoms with E-state index in [0.29, 0.717) is 57.5 Å². The maximum Gasteiger partial charge on any atom is 0.423 e. The minimum atomic E-state index is -4.86. The standard InChI is InChI=1S/C27H28F6N4O3.CH4/c28-26(29,30)20-3-1-2-19(16-20)18-6-11-35(12-7-18)13-10-25(38)36-14-8-21(9-15-36)34-22-4-5-24(37(39)40)23(17-22)27(31,32)33;/h1-6,16-17,21,34H,7-15H2;1H4. The molecule has 0 aliphatic carbocycles. The highest BCUT2D eigenvalue weighted by Gasteiger charge is 2.38. The normalized spacial score (nSPS) is 17.0. The van der Waals surface area contributed by atoms with E-state index in [0.717, 1.165) is 29.8 Å². The number of nitro benzene ring substituents is 1. The number of hydrogen-bond acceptors (Lipinski definition) is 5. The van der Waals surface area contributed by atoms with Gasteiger partial charge in [0.25, 0.3) is 5.69 Å². The van der Waals surface area contributed by atoms with Crippen molar-refractivity contribution in [3.63, 3.8) is 0 Å². The van der Waals surface area contributed by atoms with Gasteiger partial charge in [-0.15, -0.1) is 0 Å². The van der Waals surface area contributed by atoms with Crippen LogP contribution in [0.4, 0.5) is 37.7 Å². The number of carbonyl (C=O) groups is 1. The first-order valence-corrected chi connectivity index (χ1v) is 12.8. The summed E-state index contributed by atoms with van der Waals surface area (Å²) in [6, 6.07) is 7.89. The van der Waals surface area contributed by atoms with Crippen LogP contribution >= 0.6 is 0 Å². The van der Waals surface area contributed by atoms with E-state index >= 15 is 0 Å². The molecule has 2 aliphatic heterocycles. The number of carbonyl (C=O) groups excluding carboxylic acids is 1. The summed E-state index contributed by atoms with van der Waals surface area (Å²) in [5, 5.41) is 13.9. The van der Waals surface area contributed by atoms with Gasteiger partial charge in [-0.2, -0.15) is 26.3 Å². The van der Waals surface area contributed by atoms with Crippen molar-refractivity contribution < 1.29 is 36.1 Å². The lowest BCUT2D eigenvalue weighted by atomic mass is 9.97. The molecule has 1 fully saturated rings. The van der Waals surface area contributed by atoms with Crippen molar-refractivity contribution in [3.05, 3.63) is 75.3 Å². The average Bonchev–Trinajstić information content (AvgIpc) is 2.91. The van der Waals surface area contributed by atoms with Crippen LogP contribution in [0.25, 0.3) is 5.57 Å². The highest BCUT2D eigenvalue weighted by Crippen LogP contribution is 2.38. The molecule has 2 aromatic rings. The smallest absolute Gasteiger partial charge is 0.382 e. The zero-order valence-electron chi connectivity index (χ0n) is 21.4. The van der Waals surface area contributed by atoms with Gasteiger partial charge in [0.2, 0.25) is 5.91 Å².